The van der Waals surface area contributed by atoms with Gasteiger partial charge in [0.1, 0.15) is 0 Å². The third kappa shape index (κ3) is 3.96. The van der Waals surface area contributed by atoms with Crippen molar-refractivity contribution in [3.8, 4) is 5.69 Å². The Hall–Kier alpha value is -2.36. The molecule has 1 aromatic heterocycles. The Morgan fingerprint density at radius 1 is 1.18 bits per heavy atom. The van der Waals surface area contributed by atoms with Crippen LogP contribution in [-0.4, -0.2) is 41.9 Å². The molecule has 0 atom stereocenters. The minimum Gasteiger partial charge on any atom is -0.393 e. The highest BCUT2D eigenvalue weighted by Crippen LogP contribution is 2.44. The van der Waals surface area contributed by atoms with Gasteiger partial charge in [0.05, 0.1) is 41.2 Å². The summed E-state index contributed by atoms with van der Waals surface area (Å²) in [6, 6.07) is 5.55. The highest BCUT2D eigenvalue weighted by molar-refractivity contribution is 7.91. The number of aliphatic hydroxyl groups excluding tert-OH is 1. The molecule has 3 aliphatic rings. The van der Waals surface area contributed by atoms with E-state index >= 15 is 0 Å². The number of nitrogens with zero attached hydrogens (tertiary/aromatic N) is 1. The van der Waals surface area contributed by atoms with E-state index in [2.05, 4.69) is 5.32 Å². The molecule has 178 valence electrons. The van der Waals surface area contributed by atoms with Crippen LogP contribution in [-0.2, 0) is 34.2 Å². The van der Waals surface area contributed by atoms with Crippen molar-refractivity contribution in [1.82, 2.24) is 4.57 Å². The van der Waals surface area contributed by atoms with Crippen molar-refractivity contribution in [1.29, 1.82) is 0 Å². The van der Waals surface area contributed by atoms with Gasteiger partial charge >= 0.3 is 0 Å². The molecule has 1 saturated carbocycles. The number of ether oxygens (including phenoxy) is 1. The van der Waals surface area contributed by atoms with Gasteiger partial charge in [-0.1, -0.05) is 13.8 Å². The van der Waals surface area contributed by atoms with Gasteiger partial charge in [0.25, 0.3) is 5.91 Å². The highest BCUT2D eigenvalue weighted by Gasteiger charge is 2.43. The SMILES string of the molecule is CC1(C)Cc2c(c3c(n2-c2ccc(C(N)=O)c(N[C@H]4CC[C@H](O)CC4)c2)COC3)S(=O)(=O)C1. The first-order valence-electron chi connectivity index (χ1n) is 11.5. The Balaban J connectivity index is 1.63. The average molecular weight is 474 g/mol. The lowest BCUT2D eigenvalue weighted by molar-refractivity contribution is 0.100. The van der Waals surface area contributed by atoms with Crippen molar-refractivity contribution in [2.45, 2.75) is 76.2 Å². The number of aromatic nitrogens is 1. The number of benzene rings is 1. The minimum absolute atomic E-state index is 0.115. The lowest BCUT2D eigenvalue weighted by atomic mass is 9.89. The number of amides is 1. The molecular formula is C24H31N3O5S. The van der Waals surface area contributed by atoms with Gasteiger partial charge in [0.15, 0.2) is 9.84 Å². The minimum atomic E-state index is -3.44. The highest BCUT2D eigenvalue weighted by atomic mass is 32.2. The van der Waals surface area contributed by atoms with E-state index in [4.69, 9.17) is 10.5 Å². The maximum atomic E-state index is 13.2. The molecule has 1 aromatic carbocycles. The summed E-state index contributed by atoms with van der Waals surface area (Å²) < 4.78 is 34.1. The third-order valence-corrected chi connectivity index (χ3v) is 9.30. The van der Waals surface area contributed by atoms with Crippen LogP contribution in [0.4, 0.5) is 5.69 Å². The Bertz CT molecular complexity index is 1220. The van der Waals surface area contributed by atoms with Crippen molar-refractivity contribution in [3.63, 3.8) is 0 Å². The zero-order valence-electron chi connectivity index (χ0n) is 19.1. The number of fused-ring (bicyclic) bond motifs is 3. The van der Waals surface area contributed by atoms with Crippen LogP contribution >= 0.6 is 0 Å². The van der Waals surface area contributed by atoms with Crippen molar-refractivity contribution in [2.75, 3.05) is 11.1 Å². The molecule has 0 saturated heterocycles. The van der Waals surface area contributed by atoms with Crippen LogP contribution in [0.1, 0.15) is 66.8 Å². The Labute approximate surface area is 194 Å². The maximum Gasteiger partial charge on any atom is 0.250 e. The number of hydrogen-bond donors (Lipinski definition) is 3. The van der Waals surface area contributed by atoms with Crippen molar-refractivity contribution in [2.24, 2.45) is 11.1 Å². The van der Waals surface area contributed by atoms with Crippen LogP contribution < -0.4 is 11.1 Å². The largest absolute Gasteiger partial charge is 0.393 e. The average Bonchev–Trinajstić information content (AvgIpc) is 3.27. The number of aliphatic hydroxyl groups is 1. The van der Waals surface area contributed by atoms with Gasteiger partial charge in [-0.25, -0.2) is 8.42 Å². The molecule has 3 heterocycles. The summed E-state index contributed by atoms with van der Waals surface area (Å²) >= 11 is 0. The fraction of sp³-hybridized carbons (Fsp3) is 0.542. The van der Waals surface area contributed by atoms with Gasteiger partial charge in [-0.2, -0.15) is 0 Å². The number of carbonyl (C=O) groups is 1. The van der Waals surface area contributed by atoms with E-state index in [1.165, 1.54) is 0 Å². The van der Waals surface area contributed by atoms with E-state index < -0.39 is 15.7 Å². The van der Waals surface area contributed by atoms with Crippen molar-refractivity contribution in [3.05, 3.63) is 40.7 Å². The molecule has 0 spiro atoms. The van der Waals surface area contributed by atoms with E-state index in [0.717, 1.165) is 35.5 Å². The normalized spacial score (nSPS) is 25.3. The smallest absolute Gasteiger partial charge is 0.250 e. The fourth-order valence-corrected chi connectivity index (χ4v) is 7.98. The predicted molar refractivity (Wildman–Crippen MR) is 124 cm³/mol. The first-order chi connectivity index (χ1) is 15.6. The molecule has 2 aromatic rings. The van der Waals surface area contributed by atoms with Crippen molar-refractivity contribution >= 4 is 21.4 Å². The van der Waals surface area contributed by atoms with Gasteiger partial charge in [-0.05, 0) is 55.7 Å². The Morgan fingerprint density at radius 3 is 2.61 bits per heavy atom. The zero-order valence-corrected chi connectivity index (χ0v) is 19.9. The van der Waals surface area contributed by atoms with Crippen LogP contribution in [0.15, 0.2) is 23.1 Å². The molecule has 5 rings (SSSR count). The summed E-state index contributed by atoms with van der Waals surface area (Å²) in [4.78, 5) is 12.6. The molecule has 0 bridgehead atoms. The molecule has 2 aliphatic heterocycles. The lowest BCUT2D eigenvalue weighted by Crippen LogP contribution is -2.33. The van der Waals surface area contributed by atoms with Crippen LogP contribution in [0.3, 0.4) is 0 Å². The summed E-state index contributed by atoms with van der Waals surface area (Å²) in [6.07, 6.45) is 3.40. The second-order valence-electron chi connectivity index (χ2n) is 10.4. The number of anilines is 1. The quantitative estimate of drug-likeness (QED) is 0.627. The maximum absolute atomic E-state index is 13.2. The molecule has 33 heavy (non-hydrogen) atoms. The third-order valence-electron chi connectivity index (χ3n) is 7.03. The summed E-state index contributed by atoms with van der Waals surface area (Å²) in [5, 5.41) is 13.3. The zero-order chi connectivity index (χ0) is 23.5. The first-order valence-corrected chi connectivity index (χ1v) is 13.2. The molecule has 4 N–H and O–H groups in total. The summed E-state index contributed by atoms with van der Waals surface area (Å²) in [5.41, 5.74) is 9.50. The number of nitrogens with two attached hydrogens (primary N) is 1. The van der Waals surface area contributed by atoms with E-state index in [1.54, 1.807) is 6.07 Å². The van der Waals surface area contributed by atoms with Gasteiger partial charge in [-0.15, -0.1) is 0 Å². The fourth-order valence-electron chi connectivity index (χ4n) is 5.63. The summed E-state index contributed by atoms with van der Waals surface area (Å²) in [7, 11) is -3.44. The van der Waals surface area contributed by atoms with Crippen LogP contribution in [0, 0.1) is 5.41 Å². The van der Waals surface area contributed by atoms with Crippen LogP contribution in [0.2, 0.25) is 0 Å². The second kappa shape index (κ2) is 7.85. The number of hydrogen-bond acceptors (Lipinski definition) is 6. The lowest BCUT2D eigenvalue weighted by Gasteiger charge is -2.31. The van der Waals surface area contributed by atoms with Gasteiger partial charge in [0.2, 0.25) is 0 Å². The van der Waals surface area contributed by atoms with Crippen molar-refractivity contribution < 1.29 is 23.1 Å². The molecular weight excluding hydrogens is 442 g/mol. The van der Waals surface area contributed by atoms with E-state index in [9.17, 15) is 18.3 Å². The molecule has 8 nitrogen and oxygen atoms in total. The molecule has 1 amide bonds. The number of carbonyl (C=O) groups excluding carboxylic acids is 1. The number of nitrogens with one attached hydrogen (secondary N) is 1. The van der Waals surface area contributed by atoms with Crippen LogP contribution in [0.5, 0.6) is 0 Å². The molecule has 1 aliphatic carbocycles. The molecule has 0 radical (unpaired) electrons. The van der Waals surface area contributed by atoms with Crippen LogP contribution in [0.25, 0.3) is 5.69 Å². The summed E-state index contributed by atoms with van der Waals surface area (Å²) in [5.74, 6) is -0.406. The number of sulfone groups is 1. The van der Waals surface area contributed by atoms with E-state index in [1.807, 2.05) is 30.5 Å². The van der Waals surface area contributed by atoms with Gasteiger partial charge < -0.3 is 25.5 Å². The Morgan fingerprint density at radius 2 is 1.91 bits per heavy atom. The Kier molecular flexibility index (Phi) is 5.34. The number of primary amides is 1. The molecule has 0 unspecified atom stereocenters. The predicted octanol–water partition coefficient (Wildman–Crippen LogP) is 2.68. The van der Waals surface area contributed by atoms with Gasteiger partial charge in [0, 0.05) is 28.7 Å². The van der Waals surface area contributed by atoms with E-state index in [-0.39, 0.29) is 23.3 Å². The standard InChI is InChI=1S/C24H31N3O5S/c1-24(2)10-20-22(33(30,31)13-24)18-11-32-12-21(18)27(20)15-5-8-17(23(25)29)19(9-15)26-14-3-6-16(28)7-4-14/h5,8-9,14,16,26,28H,3-4,6-7,10-13H2,1-2H3,(H2,25,29)/t14-,16-. The molecule has 1 fully saturated rings. The summed E-state index contributed by atoms with van der Waals surface area (Å²) in [6.45, 7) is 4.60. The monoisotopic (exact) mass is 473 g/mol. The van der Waals surface area contributed by atoms with E-state index in [0.29, 0.717) is 48.6 Å². The van der Waals surface area contributed by atoms with Gasteiger partial charge in [-0.3, -0.25) is 4.79 Å². The second-order valence-corrected chi connectivity index (χ2v) is 12.3. The first kappa shape index (κ1) is 22.4. The molecule has 9 heteroatoms. The topological polar surface area (TPSA) is 124 Å². The number of rotatable bonds is 4.